The van der Waals surface area contributed by atoms with Crippen LogP contribution in [-0.4, -0.2) is 11.2 Å². The normalized spacial score (nSPS) is 9.62. The molecular weight excluding hydrogens is 168 g/mol. The number of hydrogen-bond acceptors (Lipinski definition) is 2. The highest BCUT2D eigenvalue weighted by Crippen LogP contribution is 2.03. The molecule has 0 atom stereocenters. The number of rotatable bonds is 3. The van der Waals surface area contributed by atoms with Crippen LogP contribution in [0.5, 0.6) is 0 Å². The van der Waals surface area contributed by atoms with Crippen molar-refractivity contribution < 1.29 is 9.90 Å². The van der Waals surface area contributed by atoms with Crippen LogP contribution >= 0.6 is 0 Å². The molecule has 0 aliphatic heterocycles. The van der Waals surface area contributed by atoms with Gasteiger partial charge in [0.2, 0.25) is 0 Å². The summed E-state index contributed by atoms with van der Waals surface area (Å²) < 4.78 is 0. The Morgan fingerprint density at radius 2 is 2.15 bits per heavy atom. The molecule has 0 saturated carbocycles. The largest absolute Gasteiger partial charge is 0.465 e. The first-order valence-electron chi connectivity index (χ1n) is 3.97. The Morgan fingerprint density at radius 3 is 2.77 bits per heavy atom. The molecule has 4 heteroatoms. The van der Waals surface area contributed by atoms with Crippen molar-refractivity contribution in [2.45, 2.75) is 13.1 Å². The molecule has 0 radical (unpaired) electrons. The monoisotopic (exact) mass is 180 g/mol. The molecule has 0 heterocycles. The van der Waals surface area contributed by atoms with Gasteiger partial charge in [0.25, 0.3) is 0 Å². The van der Waals surface area contributed by atoms with Gasteiger partial charge in [-0.25, -0.2) is 4.79 Å². The highest BCUT2D eigenvalue weighted by Gasteiger charge is 1.96. The summed E-state index contributed by atoms with van der Waals surface area (Å²) in [6.45, 7) is 0.796. The molecule has 0 bridgehead atoms. The molecule has 13 heavy (non-hydrogen) atoms. The summed E-state index contributed by atoms with van der Waals surface area (Å²) >= 11 is 0. The Hall–Kier alpha value is -1.55. The molecule has 1 rings (SSSR count). The smallest absolute Gasteiger partial charge is 0.404 e. The number of amides is 1. The molecule has 0 aliphatic carbocycles. The second-order valence-electron chi connectivity index (χ2n) is 2.68. The molecule has 0 aliphatic rings. The first kappa shape index (κ1) is 9.54. The number of carboxylic acid groups (broad SMARTS) is 1. The highest BCUT2D eigenvalue weighted by molar-refractivity contribution is 5.64. The van der Waals surface area contributed by atoms with Gasteiger partial charge in [0, 0.05) is 13.1 Å². The van der Waals surface area contributed by atoms with Crippen molar-refractivity contribution in [3.8, 4) is 0 Å². The lowest BCUT2D eigenvalue weighted by molar-refractivity contribution is 0.194. The zero-order valence-corrected chi connectivity index (χ0v) is 7.16. The molecule has 4 N–H and O–H groups in total. The molecule has 1 aromatic rings. The maximum atomic E-state index is 10.2. The van der Waals surface area contributed by atoms with Crippen molar-refractivity contribution in [3.05, 3.63) is 35.4 Å². The number of nitrogens with two attached hydrogens (primary N) is 1. The van der Waals surface area contributed by atoms with Crippen LogP contribution in [0.4, 0.5) is 4.79 Å². The second-order valence-corrected chi connectivity index (χ2v) is 2.68. The van der Waals surface area contributed by atoms with Crippen molar-refractivity contribution in [1.82, 2.24) is 5.32 Å². The maximum absolute atomic E-state index is 10.2. The average Bonchev–Trinajstić information content (AvgIpc) is 2.15. The van der Waals surface area contributed by atoms with Crippen molar-refractivity contribution in [3.63, 3.8) is 0 Å². The summed E-state index contributed by atoms with van der Waals surface area (Å²) in [5, 5.41) is 10.7. The van der Waals surface area contributed by atoms with Crippen molar-refractivity contribution in [2.75, 3.05) is 0 Å². The predicted octanol–water partition coefficient (Wildman–Crippen LogP) is 0.913. The van der Waals surface area contributed by atoms with E-state index in [4.69, 9.17) is 10.8 Å². The lowest BCUT2D eigenvalue weighted by atomic mass is 10.1. The molecule has 0 unspecified atom stereocenters. The average molecular weight is 180 g/mol. The zero-order valence-electron chi connectivity index (χ0n) is 7.16. The van der Waals surface area contributed by atoms with Crippen molar-refractivity contribution in [1.29, 1.82) is 0 Å². The van der Waals surface area contributed by atoms with E-state index in [1.165, 1.54) is 0 Å². The fourth-order valence-corrected chi connectivity index (χ4v) is 1.04. The molecule has 0 aromatic heterocycles. The quantitative estimate of drug-likeness (QED) is 0.647. The van der Waals surface area contributed by atoms with Crippen molar-refractivity contribution >= 4 is 6.09 Å². The van der Waals surface area contributed by atoms with Gasteiger partial charge in [-0.3, -0.25) is 0 Å². The summed E-state index contributed by atoms with van der Waals surface area (Å²) in [4.78, 5) is 10.2. The SMILES string of the molecule is NCc1cccc(CNC(=O)O)c1. The summed E-state index contributed by atoms with van der Waals surface area (Å²) in [5.74, 6) is 0. The number of benzene rings is 1. The third kappa shape index (κ3) is 3.13. The van der Waals surface area contributed by atoms with Crippen LogP contribution in [0.3, 0.4) is 0 Å². The van der Waals surface area contributed by atoms with Crippen LogP contribution < -0.4 is 11.1 Å². The Balaban J connectivity index is 2.61. The molecule has 0 saturated heterocycles. The van der Waals surface area contributed by atoms with Gasteiger partial charge in [-0.15, -0.1) is 0 Å². The van der Waals surface area contributed by atoms with Crippen LogP contribution in [0.15, 0.2) is 24.3 Å². The minimum absolute atomic E-state index is 0.323. The van der Waals surface area contributed by atoms with Crippen LogP contribution in [0.25, 0.3) is 0 Å². The third-order valence-electron chi connectivity index (χ3n) is 1.67. The zero-order chi connectivity index (χ0) is 9.68. The highest BCUT2D eigenvalue weighted by atomic mass is 16.4. The lowest BCUT2D eigenvalue weighted by Crippen LogP contribution is -2.19. The van der Waals surface area contributed by atoms with E-state index in [-0.39, 0.29) is 0 Å². The maximum Gasteiger partial charge on any atom is 0.404 e. The minimum atomic E-state index is -1.02. The van der Waals surface area contributed by atoms with E-state index in [9.17, 15) is 4.79 Å². The van der Waals surface area contributed by atoms with E-state index in [2.05, 4.69) is 5.32 Å². The Morgan fingerprint density at radius 1 is 1.46 bits per heavy atom. The van der Waals surface area contributed by atoms with E-state index < -0.39 is 6.09 Å². The molecule has 70 valence electrons. The fourth-order valence-electron chi connectivity index (χ4n) is 1.04. The Kier molecular flexibility index (Phi) is 3.28. The second kappa shape index (κ2) is 4.47. The van der Waals surface area contributed by atoms with E-state index in [1.54, 1.807) is 0 Å². The van der Waals surface area contributed by atoms with E-state index in [0.717, 1.165) is 11.1 Å². The minimum Gasteiger partial charge on any atom is -0.465 e. The van der Waals surface area contributed by atoms with E-state index in [1.807, 2.05) is 24.3 Å². The number of carbonyl (C=O) groups is 1. The molecule has 0 fully saturated rings. The van der Waals surface area contributed by atoms with Crippen LogP contribution in [0.2, 0.25) is 0 Å². The van der Waals surface area contributed by atoms with E-state index >= 15 is 0 Å². The summed E-state index contributed by atoms with van der Waals surface area (Å²) in [5.41, 5.74) is 7.36. The van der Waals surface area contributed by atoms with Gasteiger partial charge in [-0.1, -0.05) is 24.3 Å². The molecule has 1 aromatic carbocycles. The molecule has 4 nitrogen and oxygen atoms in total. The van der Waals surface area contributed by atoms with Crippen LogP contribution in [-0.2, 0) is 13.1 Å². The molecule has 1 amide bonds. The summed E-state index contributed by atoms with van der Waals surface area (Å²) in [7, 11) is 0. The molecule has 0 spiro atoms. The predicted molar refractivity (Wildman–Crippen MR) is 49.2 cm³/mol. The Labute approximate surface area is 76.4 Å². The lowest BCUT2D eigenvalue weighted by Gasteiger charge is -2.03. The van der Waals surface area contributed by atoms with Gasteiger partial charge >= 0.3 is 6.09 Å². The first-order chi connectivity index (χ1) is 6.22. The van der Waals surface area contributed by atoms with Crippen LogP contribution in [0, 0.1) is 0 Å². The first-order valence-corrected chi connectivity index (χ1v) is 3.97. The standard InChI is InChI=1S/C9H12N2O2/c10-5-7-2-1-3-8(4-7)6-11-9(12)13/h1-4,11H,5-6,10H2,(H,12,13). The van der Waals surface area contributed by atoms with Gasteiger partial charge in [-0.2, -0.15) is 0 Å². The topological polar surface area (TPSA) is 75.3 Å². The number of nitrogens with one attached hydrogen (secondary N) is 1. The van der Waals surface area contributed by atoms with Gasteiger partial charge in [-0.05, 0) is 11.1 Å². The Bertz CT molecular complexity index is 299. The van der Waals surface area contributed by atoms with E-state index in [0.29, 0.717) is 13.1 Å². The van der Waals surface area contributed by atoms with Gasteiger partial charge < -0.3 is 16.2 Å². The summed E-state index contributed by atoms with van der Waals surface area (Å²) in [6.07, 6.45) is -1.02. The van der Waals surface area contributed by atoms with Gasteiger partial charge in [0.15, 0.2) is 0 Å². The fraction of sp³-hybridized carbons (Fsp3) is 0.222. The van der Waals surface area contributed by atoms with Crippen LogP contribution in [0.1, 0.15) is 11.1 Å². The van der Waals surface area contributed by atoms with Crippen molar-refractivity contribution in [2.24, 2.45) is 5.73 Å². The molecular formula is C9H12N2O2. The van der Waals surface area contributed by atoms with Gasteiger partial charge in [0.05, 0.1) is 0 Å². The summed E-state index contributed by atoms with van der Waals surface area (Å²) in [6, 6.07) is 7.51. The van der Waals surface area contributed by atoms with Gasteiger partial charge in [0.1, 0.15) is 0 Å². The third-order valence-corrected chi connectivity index (χ3v) is 1.67. The number of hydrogen-bond donors (Lipinski definition) is 3.